The molecule has 31 heavy (non-hydrogen) atoms. The molecule has 10 nitrogen and oxygen atoms in total. The van der Waals surface area contributed by atoms with E-state index in [1.54, 1.807) is 6.20 Å². The average molecular weight is 423 g/mol. The zero-order valence-electron chi connectivity index (χ0n) is 17.4. The van der Waals surface area contributed by atoms with Crippen LogP contribution in [0, 0.1) is 5.92 Å². The number of hydrogen-bond acceptors (Lipinski definition) is 7. The Hall–Kier alpha value is -3.27. The van der Waals surface area contributed by atoms with Gasteiger partial charge in [0, 0.05) is 30.0 Å². The maximum Gasteiger partial charge on any atom is 0.335 e. The Morgan fingerprint density at radius 1 is 1.29 bits per heavy atom. The number of aromatic amines is 1. The van der Waals surface area contributed by atoms with Crippen molar-refractivity contribution < 1.29 is 14.4 Å². The van der Waals surface area contributed by atoms with Gasteiger partial charge in [-0.05, 0) is 55.6 Å². The van der Waals surface area contributed by atoms with Crippen LogP contribution in [0.4, 0.5) is 0 Å². The Bertz CT molecular complexity index is 1110. The van der Waals surface area contributed by atoms with Gasteiger partial charge in [-0.25, -0.2) is 4.79 Å². The number of H-pyrrole nitrogens is 1. The number of piperidine rings is 3. The largest absolute Gasteiger partial charge is 0.346 e. The molecule has 6 rings (SSSR count). The molecule has 0 radical (unpaired) electrons. The van der Waals surface area contributed by atoms with Gasteiger partial charge in [0.2, 0.25) is 0 Å². The molecule has 0 saturated carbocycles. The van der Waals surface area contributed by atoms with E-state index < -0.39 is 0 Å². The van der Waals surface area contributed by atoms with Crippen molar-refractivity contribution >= 4 is 22.8 Å². The summed E-state index contributed by atoms with van der Waals surface area (Å²) in [6.07, 6.45) is 4.85. The molecule has 1 atom stereocenters. The number of carbonyl (C=O) groups excluding carboxylic acids is 2. The summed E-state index contributed by atoms with van der Waals surface area (Å²) in [4.78, 5) is 33.1. The van der Waals surface area contributed by atoms with Gasteiger partial charge in [-0.15, -0.1) is 5.10 Å². The van der Waals surface area contributed by atoms with Crippen LogP contribution in [0.1, 0.15) is 43.1 Å². The summed E-state index contributed by atoms with van der Waals surface area (Å²) in [5, 5.41) is 19.1. The van der Waals surface area contributed by atoms with Gasteiger partial charge in [-0.1, -0.05) is 17.8 Å². The molecule has 10 heteroatoms. The lowest BCUT2D eigenvalue weighted by Gasteiger charge is -2.44. The van der Waals surface area contributed by atoms with Crippen LogP contribution in [0.5, 0.6) is 0 Å². The van der Waals surface area contributed by atoms with Crippen LogP contribution in [0.2, 0.25) is 0 Å². The number of aromatic nitrogens is 5. The molecule has 162 valence electrons. The van der Waals surface area contributed by atoms with Gasteiger partial charge in [0.15, 0.2) is 5.69 Å². The number of fused-ring (bicyclic) bond motifs is 4. The molecule has 3 aromatic rings. The summed E-state index contributed by atoms with van der Waals surface area (Å²) in [5.41, 5.74) is 2.46. The number of benzene rings is 1. The molecule has 0 unspecified atom stereocenters. The Morgan fingerprint density at radius 3 is 2.87 bits per heavy atom. The summed E-state index contributed by atoms with van der Waals surface area (Å²) in [5.74, 6) is 0.0490. The van der Waals surface area contributed by atoms with Crippen molar-refractivity contribution in [1.82, 2.24) is 35.6 Å². The van der Waals surface area contributed by atoms with Crippen LogP contribution in [-0.4, -0.2) is 67.8 Å². The van der Waals surface area contributed by atoms with Crippen molar-refractivity contribution in [3.63, 3.8) is 0 Å². The van der Waals surface area contributed by atoms with Crippen LogP contribution < -0.4 is 10.2 Å². The van der Waals surface area contributed by atoms with E-state index >= 15 is 0 Å². The number of hydrogen-bond donors (Lipinski definition) is 2. The molecule has 0 aliphatic carbocycles. The molecule has 1 aromatic carbocycles. The van der Waals surface area contributed by atoms with Gasteiger partial charge in [-0.2, -0.15) is 5.10 Å². The summed E-state index contributed by atoms with van der Waals surface area (Å²) in [7, 11) is 0. The van der Waals surface area contributed by atoms with Crippen LogP contribution in [0.15, 0.2) is 24.4 Å². The lowest BCUT2D eigenvalue weighted by atomic mass is 9.84. The second kappa shape index (κ2) is 8.10. The minimum Gasteiger partial charge on any atom is -0.346 e. The number of carbonyl (C=O) groups is 2. The van der Waals surface area contributed by atoms with Gasteiger partial charge in [-0.3, -0.25) is 9.89 Å². The highest BCUT2D eigenvalue weighted by Crippen LogP contribution is 2.28. The molecule has 2 aromatic heterocycles. The highest BCUT2D eigenvalue weighted by atomic mass is 16.7. The molecule has 3 aliphatic rings. The summed E-state index contributed by atoms with van der Waals surface area (Å²) >= 11 is 0. The van der Waals surface area contributed by atoms with Crippen LogP contribution in [0.25, 0.3) is 22.2 Å². The Balaban J connectivity index is 1.31. The Morgan fingerprint density at radius 2 is 2.13 bits per heavy atom. The average Bonchev–Trinajstić information content (AvgIpc) is 3.41. The van der Waals surface area contributed by atoms with Crippen molar-refractivity contribution in [1.29, 1.82) is 0 Å². The minimum atomic E-state index is -0.360. The third-order valence-electron chi connectivity index (χ3n) is 6.17. The van der Waals surface area contributed by atoms with Gasteiger partial charge < -0.3 is 15.1 Å². The predicted molar refractivity (Wildman–Crippen MR) is 112 cm³/mol. The summed E-state index contributed by atoms with van der Waals surface area (Å²) in [6.45, 7) is 5.09. The molecule has 5 heterocycles. The molecule has 3 aliphatic heterocycles. The molecule has 0 spiro atoms. The number of nitrogens with zero attached hydrogens (tertiary/aromatic N) is 5. The maximum absolute atomic E-state index is 12.9. The molecule has 1 amide bonds. The van der Waals surface area contributed by atoms with Gasteiger partial charge >= 0.3 is 5.97 Å². The topological polar surface area (TPSA) is 118 Å². The minimum absolute atomic E-state index is 0.147. The fraction of sp³-hybridized carbons (Fsp3) is 0.476. The normalized spacial score (nSPS) is 22.5. The van der Waals surface area contributed by atoms with E-state index in [9.17, 15) is 9.59 Å². The van der Waals surface area contributed by atoms with Crippen molar-refractivity contribution in [2.45, 2.75) is 38.6 Å². The molecular formula is C21H25N7O3. The number of nitrogens with one attached hydrogen (secondary N) is 2. The standard InChI is InChI=1S/C21H25N7O3/c1-2-3-19(29)31-28-12-18(24-26-28)14-4-5-15-16(10-14)23-25-20(15)21(30)22-17-11-27-8-6-13(17)7-9-27/h4-5,10,12-13,17H,2-3,6-9,11H2,1H3,(H,22,30)(H,23,25)/t17-/m0/s1. The van der Waals surface area contributed by atoms with E-state index in [0.29, 0.717) is 30.1 Å². The highest BCUT2D eigenvalue weighted by molar-refractivity contribution is 6.05. The summed E-state index contributed by atoms with van der Waals surface area (Å²) < 4.78 is 0. The predicted octanol–water partition coefficient (Wildman–Crippen LogP) is 1.40. The van der Waals surface area contributed by atoms with E-state index in [-0.39, 0.29) is 17.9 Å². The first kappa shape index (κ1) is 19.7. The van der Waals surface area contributed by atoms with Crippen molar-refractivity contribution in [2.24, 2.45) is 5.92 Å². The molecule has 3 fully saturated rings. The third-order valence-corrected chi connectivity index (χ3v) is 6.17. The quantitative estimate of drug-likeness (QED) is 0.576. The first-order valence-electron chi connectivity index (χ1n) is 10.8. The molecular weight excluding hydrogens is 398 g/mol. The highest BCUT2D eigenvalue weighted by Gasteiger charge is 2.35. The van der Waals surface area contributed by atoms with Gasteiger partial charge in [0.25, 0.3) is 5.91 Å². The van der Waals surface area contributed by atoms with E-state index in [2.05, 4.69) is 30.7 Å². The van der Waals surface area contributed by atoms with Crippen molar-refractivity contribution in [3.05, 3.63) is 30.1 Å². The smallest absolute Gasteiger partial charge is 0.335 e. The van der Waals surface area contributed by atoms with E-state index in [0.717, 1.165) is 53.8 Å². The Kier molecular flexibility index (Phi) is 5.14. The zero-order valence-corrected chi connectivity index (χ0v) is 17.4. The van der Waals surface area contributed by atoms with Crippen molar-refractivity contribution in [2.75, 3.05) is 19.6 Å². The first-order valence-corrected chi connectivity index (χ1v) is 10.8. The fourth-order valence-electron chi connectivity index (χ4n) is 4.50. The first-order chi connectivity index (χ1) is 15.1. The zero-order chi connectivity index (χ0) is 21.4. The molecule has 2 bridgehead atoms. The lowest BCUT2D eigenvalue weighted by molar-refractivity contribution is -0.146. The second-order valence-electron chi connectivity index (χ2n) is 8.27. The lowest BCUT2D eigenvalue weighted by Crippen LogP contribution is -2.57. The van der Waals surface area contributed by atoms with Crippen molar-refractivity contribution in [3.8, 4) is 11.3 Å². The number of rotatable bonds is 6. The maximum atomic E-state index is 12.9. The van der Waals surface area contributed by atoms with Gasteiger partial charge in [0.05, 0.1) is 11.7 Å². The second-order valence-corrected chi connectivity index (χ2v) is 8.27. The fourth-order valence-corrected chi connectivity index (χ4v) is 4.50. The molecule has 3 saturated heterocycles. The monoisotopic (exact) mass is 423 g/mol. The number of amides is 1. The Labute approximate surface area is 178 Å². The SMILES string of the molecule is CCCC(=O)On1cc(-c2ccc3c(C(=O)N[C@H]4CN5CCC4CC5)n[nH]c3c2)nn1. The van der Waals surface area contributed by atoms with E-state index in [4.69, 9.17) is 4.84 Å². The summed E-state index contributed by atoms with van der Waals surface area (Å²) in [6, 6.07) is 5.74. The molecule has 2 N–H and O–H groups in total. The third kappa shape index (κ3) is 3.90. The van der Waals surface area contributed by atoms with Crippen LogP contribution in [0.3, 0.4) is 0 Å². The van der Waals surface area contributed by atoms with E-state index in [1.807, 2.05) is 25.1 Å². The van der Waals surface area contributed by atoms with Crippen LogP contribution >= 0.6 is 0 Å². The van der Waals surface area contributed by atoms with Crippen LogP contribution in [-0.2, 0) is 4.79 Å². The van der Waals surface area contributed by atoms with Gasteiger partial charge in [0.1, 0.15) is 5.69 Å². The van der Waals surface area contributed by atoms with E-state index in [1.165, 1.54) is 0 Å².